The van der Waals surface area contributed by atoms with E-state index >= 15 is 0 Å². The summed E-state index contributed by atoms with van der Waals surface area (Å²) in [7, 11) is 0. The van der Waals surface area contributed by atoms with Crippen LogP contribution in [-0.2, 0) is 12.8 Å². The summed E-state index contributed by atoms with van der Waals surface area (Å²) in [6, 6.07) is 6.63. The molecule has 1 aromatic carbocycles. The van der Waals surface area contributed by atoms with Gasteiger partial charge in [0.25, 0.3) is 0 Å². The summed E-state index contributed by atoms with van der Waals surface area (Å²) in [5, 5.41) is 11.1. The molecule has 4 nitrogen and oxygen atoms in total. The standard InChI is InChI=1S/C13H15ClN4/c14-10-2-3-11-9(7-10)1-4-12(11)15-6-5-13-16-8-17-18-13/h2-3,7-8,12,15H,1,4-6H2,(H,16,17,18). The molecule has 0 spiro atoms. The maximum absolute atomic E-state index is 6.00. The molecule has 18 heavy (non-hydrogen) atoms. The van der Waals surface area contributed by atoms with Crippen molar-refractivity contribution in [1.29, 1.82) is 0 Å². The third-order valence-electron chi connectivity index (χ3n) is 3.40. The average molecular weight is 263 g/mol. The van der Waals surface area contributed by atoms with E-state index in [4.69, 9.17) is 11.6 Å². The Hall–Kier alpha value is -1.39. The molecule has 0 aliphatic heterocycles. The zero-order valence-electron chi connectivity index (χ0n) is 9.99. The predicted octanol–water partition coefficient (Wildman–Crippen LogP) is 2.28. The lowest BCUT2D eigenvalue weighted by atomic mass is 10.1. The average Bonchev–Trinajstić information content (AvgIpc) is 2.99. The monoisotopic (exact) mass is 262 g/mol. The molecule has 1 aliphatic carbocycles. The fraction of sp³-hybridized carbons (Fsp3) is 0.385. The molecule has 0 bridgehead atoms. The number of halogens is 1. The summed E-state index contributed by atoms with van der Waals surface area (Å²) in [4.78, 5) is 4.11. The van der Waals surface area contributed by atoms with Crippen LogP contribution in [0, 0.1) is 0 Å². The van der Waals surface area contributed by atoms with Crippen molar-refractivity contribution >= 4 is 11.6 Å². The lowest BCUT2D eigenvalue weighted by Gasteiger charge is -2.13. The van der Waals surface area contributed by atoms with Crippen LogP contribution < -0.4 is 5.32 Å². The van der Waals surface area contributed by atoms with E-state index in [-0.39, 0.29) is 0 Å². The number of nitrogens with zero attached hydrogens (tertiary/aromatic N) is 2. The van der Waals surface area contributed by atoms with Gasteiger partial charge in [0.1, 0.15) is 12.2 Å². The first-order valence-corrected chi connectivity index (χ1v) is 6.56. The second-order valence-corrected chi connectivity index (χ2v) is 5.01. The van der Waals surface area contributed by atoms with Crippen LogP contribution in [0.15, 0.2) is 24.5 Å². The molecule has 0 saturated heterocycles. The van der Waals surface area contributed by atoms with Crippen LogP contribution in [-0.4, -0.2) is 21.7 Å². The third kappa shape index (κ3) is 2.40. The fourth-order valence-corrected chi connectivity index (χ4v) is 2.71. The van der Waals surface area contributed by atoms with E-state index in [1.54, 1.807) is 6.33 Å². The van der Waals surface area contributed by atoms with Gasteiger partial charge in [-0.3, -0.25) is 5.10 Å². The molecule has 0 fully saturated rings. The first-order chi connectivity index (χ1) is 8.83. The van der Waals surface area contributed by atoms with Gasteiger partial charge in [-0.1, -0.05) is 17.7 Å². The lowest BCUT2D eigenvalue weighted by molar-refractivity contribution is 0.529. The van der Waals surface area contributed by atoms with E-state index in [1.807, 2.05) is 6.07 Å². The molecule has 1 aliphatic rings. The molecule has 1 atom stereocenters. The Labute approximate surface area is 111 Å². The summed E-state index contributed by atoms with van der Waals surface area (Å²) in [6.45, 7) is 0.905. The zero-order chi connectivity index (χ0) is 12.4. The van der Waals surface area contributed by atoms with Gasteiger partial charge >= 0.3 is 0 Å². The molecule has 2 N–H and O–H groups in total. The van der Waals surface area contributed by atoms with Crippen LogP contribution in [0.1, 0.15) is 29.4 Å². The number of aryl methyl sites for hydroxylation is 1. The minimum atomic E-state index is 0.445. The Morgan fingerprint density at radius 2 is 2.39 bits per heavy atom. The summed E-state index contributed by atoms with van der Waals surface area (Å²) in [5.41, 5.74) is 2.76. The number of hydrogen-bond acceptors (Lipinski definition) is 3. The molecule has 0 radical (unpaired) electrons. The molecule has 1 heterocycles. The number of H-pyrrole nitrogens is 1. The Morgan fingerprint density at radius 3 is 3.22 bits per heavy atom. The first-order valence-electron chi connectivity index (χ1n) is 6.19. The minimum absolute atomic E-state index is 0.445. The summed E-state index contributed by atoms with van der Waals surface area (Å²) in [5.74, 6) is 0.928. The van der Waals surface area contributed by atoms with Crippen LogP contribution in [0.4, 0.5) is 0 Å². The fourth-order valence-electron chi connectivity index (χ4n) is 2.51. The van der Waals surface area contributed by atoms with Crippen LogP contribution in [0.5, 0.6) is 0 Å². The third-order valence-corrected chi connectivity index (χ3v) is 3.64. The van der Waals surface area contributed by atoms with Crippen LogP contribution >= 0.6 is 11.6 Å². The van der Waals surface area contributed by atoms with Crippen LogP contribution in [0.2, 0.25) is 5.02 Å². The van der Waals surface area contributed by atoms with Crippen molar-refractivity contribution in [2.24, 2.45) is 0 Å². The molecular weight excluding hydrogens is 248 g/mol. The van der Waals surface area contributed by atoms with Gasteiger partial charge in [0.05, 0.1) is 0 Å². The molecule has 5 heteroatoms. The highest BCUT2D eigenvalue weighted by atomic mass is 35.5. The van der Waals surface area contributed by atoms with Crippen molar-refractivity contribution in [3.05, 3.63) is 46.5 Å². The highest BCUT2D eigenvalue weighted by molar-refractivity contribution is 6.30. The summed E-state index contributed by atoms with van der Waals surface area (Å²) >= 11 is 6.00. The zero-order valence-corrected chi connectivity index (χ0v) is 10.7. The minimum Gasteiger partial charge on any atom is -0.309 e. The largest absolute Gasteiger partial charge is 0.309 e. The van der Waals surface area contributed by atoms with E-state index in [0.29, 0.717) is 6.04 Å². The van der Waals surface area contributed by atoms with Gasteiger partial charge in [-0.05, 0) is 36.1 Å². The van der Waals surface area contributed by atoms with Gasteiger partial charge in [-0.2, -0.15) is 5.10 Å². The summed E-state index contributed by atoms with van der Waals surface area (Å²) < 4.78 is 0. The molecule has 94 valence electrons. The Bertz CT molecular complexity index is 524. The van der Waals surface area contributed by atoms with Gasteiger partial charge in [0.15, 0.2) is 0 Å². The SMILES string of the molecule is Clc1ccc2c(c1)CCC2NCCc1ncn[nH]1. The van der Waals surface area contributed by atoms with Gasteiger partial charge in [-0.25, -0.2) is 4.98 Å². The second-order valence-electron chi connectivity index (χ2n) is 4.57. The molecule has 1 unspecified atom stereocenters. The van der Waals surface area contributed by atoms with Crippen molar-refractivity contribution in [3.63, 3.8) is 0 Å². The van der Waals surface area contributed by atoms with Crippen molar-refractivity contribution in [3.8, 4) is 0 Å². The number of aromatic nitrogens is 3. The predicted molar refractivity (Wildman–Crippen MR) is 70.6 cm³/mol. The van der Waals surface area contributed by atoms with Crippen LogP contribution in [0.25, 0.3) is 0 Å². The number of fused-ring (bicyclic) bond motifs is 1. The maximum Gasteiger partial charge on any atom is 0.137 e. The molecule has 3 rings (SSSR count). The van der Waals surface area contributed by atoms with Crippen molar-refractivity contribution in [2.45, 2.75) is 25.3 Å². The molecular formula is C13H15ClN4. The first kappa shape index (κ1) is 11.7. The van der Waals surface area contributed by atoms with Crippen molar-refractivity contribution < 1.29 is 0 Å². The number of hydrogen-bond donors (Lipinski definition) is 2. The normalized spacial score (nSPS) is 17.9. The van der Waals surface area contributed by atoms with Gasteiger partial charge in [0, 0.05) is 24.0 Å². The Morgan fingerprint density at radius 1 is 1.44 bits per heavy atom. The van der Waals surface area contributed by atoms with Gasteiger partial charge in [-0.15, -0.1) is 0 Å². The van der Waals surface area contributed by atoms with Crippen LogP contribution in [0.3, 0.4) is 0 Å². The Kier molecular flexibility index (Phi) is 3.30. The van der Waals surface area contributed by atoms with Gasteiger partial charge in [0.2, 0.25) is 0 Å². The van der Waals surface area contributed by atoms with E-state index < -0.39 is 0 Å². The second kappa shape index (κ2) is 5.08. The lowest BCUT2D eigenvalue weighted by Crippen LogP contribution is -2.22. The topological polar surface area (TPSA) is 53.6 Å². The van der Waals surface area contributed by atoms with Crippen molar-refractivity contribution in [2.75, 3.05) is 6.54 Å². The highest BCUT2D eigenvalue weighted by Gasteiger charge is 2.21. The molecule has 0 amide bonds. The number of nitrogens with one attached hydrogen (secondary N) is 2. The van der Waals surface area contributed by atoms with E-state index in [2.05, 4.69) is 32.6 Å². The summed E-state index contributed by atoms with van der Waals surface area (Å²) in [6.07, 6.45) is 4.67. The van der Waals surface area contributed by atoms with Crippen molar-refractivity contribution in [1.82, 2.24) is 20.5 Å². The number of benzene rings is 1. The Balaban J connectivity index is 1.59. The van der Waals surface area contributed by atoms with E-state index in [0.717, 1.165) is 36.7 Å². The molecule has 0 saturated carbocycles. The number of aromatic amines is 1. The smallest absolute Gasteiger partial charge is 0.137 e. The quantitative estimate of drug-likeness (QED) is 0.889. The molecule has 2 aromatic rings. The van der Waals surface area contributed by atoms with E-state index in [1.165, 1.54) is 11.1 Å². The van der Waals surface area contributed by atoms with Gasteiger partial charge < -0.3 is 5.32 Å². The highest BCUT2D eigenvalue weighted by Crippen LogP contribution is 2.32. The number of rotatable bonds is 4. The molecule has 1 aromatic heterocycles. The maximum atomic E-state index is 6.00. The van der Waals surface area contributed by atoms with E-state index in [9.17, 15) is 0 Å².